The van der Waals surface area contributed by atoms with Crippen LogP contribution in [0.4, 0.5) is 5.13 Å². The predicted octanol–water partition coefficient (Wildman–Crippen LogP) is 3.65. The first-order valence-corrected chi connectivity index (χ1v) is 11.6. The number of aromatic nitrogens is 1. The molecule has 0 saturated carbocycles. The van der Waals surface area contributed by atoms with Crippen LogP contribution in [0, 0.1) is 6.92 Å². The molecule has 28 heavy (non-hydrogen) atoms. The highest BCUT2D eigenvalue weighted by molar-refractivity contribution is 8.00. The van der Waals surface area contributed by atoms with E-state index < -0.39 is 0 Å². The van der Waals surface area contributed by atoms with Crippen LogP contribution in [0.15, 0.2) is 53.4 Å². The quantitative estimate of drug-likeness (QED) is 0.543. The first-order chi connectivity index (χ1) is 13.6. The van der Waals surface area contributed by atoms with E-state index in [1.54, 1.807) is 23.1 Å². The Kier molecular flexibility index (Phi) is 7.48. The third-order valence-corrected chi connectivity index (χ3v) is 6.98. The molecule has 1 aromatic heterocycles. The summed E-state index contributed by atoms with van der Waals surface area (Å²) in [5.74, 6) is 0.545. The number of hydrogen-bond donors (Lipinski definition) is 1. The Hall–Kier alpha value is -1.89. The molecule has 6 heteroatoms. The topological polar surface area (TPSA) is 37.6 Å². The zero-order valence-electron chi connectivity index (χ0n) is 16.8. The zero-order valence-corrected chi connectivity index (χ0v) is 18.4. The van der Waals surface area contributed by atoms with Gasteiger partial charge in [-0.2, -0.15) is 0 Å². The summed E-state index contributed by atoms with van der Waals surface area (Å²) in [5.41, 5.74) is 2.16. The molecule has 0 aliphatic rings. The van der Waals surface area contributed by atoms with Crippen LogP contribution in [0.5, 0.6) is 0 Å². The maximum absolute atomic E-state index is 13.1. The fraction of sp³-hybridized carbons (Fsp3) is 0.364. The number of nitrogens with one attached hydrogen (secondary N) is 1. The Morgan fingerprint density at radius 3 is 2.54 bits per heavy atom. The van der Waals surface area contributed by atoms with E-state index in [0.29, 0.717) is 12.3 Å². The van der Waals surface area contributed by atoms with E-state index in [1.165, 1.54) is 4.90 Å². The summed E-state index contributed by atoms with van der Waals surface area (Å²) in [5, 5.41) is 0.814. The van der Waals surface area contributed by atoms with Crippen molar-refractivity contribution in [2.24, 2.45) is 0 Å². The van der Waals surface area contributed by atoms with Crippen LogP contribution in [0.2, 0.25) is 0 Å². The number of fused-ring (bicyclic) bond motifs is 1. The van der Waals surface area contributed by atoms with Crippen LogP contribution in [0.25, 0.3) is 10.2 Å². The molecule has 0 atom stereocenters. The SMILES string of the molecule is CC[NH+](CC)CCN(C(=O)CSc1ccccc1)c1nc2c(C)cccc2s1. The second kappa shape index (κ2) is 10.0. The molecular formula is C22H28N3OS2+. The van der Waals surface area contributed by atoms with Gasteiger partial charge in [0.2, 0.25) is 5.91 Å². The van der Waals surface area contributed by atoms with Crippen LogP contribution < -0.4 is 9.80 Å². The van der Waals surface area contributed by atoms with Crippen molar-refractivity contribution in [1.29, 1.82) is 0 Å². The van der Waals surface area contributed by atoms with Crippen molar-refractivity contribution >= 4 is 44.4 Å². The Bertz CT molecular complexity index is 907. The molecule has 0 unspecified atom stereocenters. The molecular weight excluding hydrogens is 386 g/mol. The number of benzene rings is 2. The number of likely N-dealkylation sites (N-methyl/N-ethyl adjacent to an activating group) is 1. The van der Waals surface area contributed by atoms with Crippen LogP contribution in [0.3, 0.4) is 0 Å². The standard InChI is InChI=1S/C22H27N3OS2/c1-4-24(5-2)14-15-25(20(26)16-27-18-11-7-6-8-12-18)22-23-21-17(3)10-9-13-19(21)28-22/h6-13H,4-5,14-16H2,1-3H3/p+1. The van der Waals surface area contributed by atoms with Gasteiger partial charge in [-0.1, -0.05) is 41.7 Å². The molecule has 2 aromatic carbocycles. The van der Waals surface area contributed by atoms with E-state index in [2.05, 4.69) is 39.0 Å². The fourth-order valence-corrected chi connectivity index (χ4v) is 5.01. The molecule has 1 heterocycles. The summed E-state index contributed by atoms with van der Waals surface area (Å²) in [6.45, 7) is 10.2. The molecule has 1 amide bonds. The molecule has 0 aliphatic heterocycles. The molecule has 0 radical (unpaired) electrons. The highest BCUT2D eigenvalue weighted by atomic mass is 32.2. The number of para-hydroxylation sites is 1. The van der Waals surface area contributed by atoms with E-state index >= 15 is 0 Å². The van der Waals surface area contributed by atoms with Gasteiger partial charge < -0.3 is 4.90 Å². The Balaban J connectivity index is 1.80. The van der Waals surface area contributed by atoms with Crippen molar-refractivity contribution in [2.75, 3.05) is 36.8 Å². The third kappa shape index (κ3) is 5.13. The van der Waals surface area contributed by atoms with E-state index in [4.69, 9.17) is 4.98 Å². The number of quaternary nitrogens is 1. The highest BCUT2D eigenvalue weighted by Crippen LogP contribution is 2.31. The molecule has 4 nitrogen and oxygen atoms in total. The van der Waals surface area contributed by atoms with E-state index in [9.17, 15) is 4.79 Å². The van der Waals surface area contributed by atoms with Gasteiger partial charge in [-0.15, -0.1) is 11.8 Å². The Morgan fingerprint density at radius 2 is 1.86 bits per heavy atom. The van der Waals surface area contributed by atoms with Gasteiger partial charge in [0, 0.05) is 4.90 Å². The smallest absolute Gasteiger partial charge is 0.239 e. The lowest BCUT2D eigenvalue weighted by molar-refractivity contribution is -0.894. The maximum Gasteiger partial charge on any atom is 0.239 e. The van der Waals surface area contributed by atoms with Crippen molar-refractivity contribution in [2.45, 2.75) is 25.7 Å². The lowest BCUT2D eigenvalue weighted by Gasteiger charge is -2.23. The third-order valence-electron chi connectivity index (χ3n) is 4.94. The zero-order chi connectivity index (χ0) is 19.9. The first-order valence-electron chi connectivity index (χ1n) is 9.80. The molecule has 1 N–H and O–H groups in total. The second-order valence-corrected chi connectivity index (χ2v) is 8.83. The summed E-state index contributed by atoms with van der Waals surface area (Å²) in [6.07, 6.45) is 0. The largest absolute Gasteiger partial charge is 0.334 e. The van der Waals surface area contributed by atoms with Gasteiger partial charge in [0.15, 0.2) is 5.13 Å². The number of hydrogen-bond acceptors (Lipinski definition) is 4. The van der Waals surface area contributed by atoms with Gasteiger partial charge in [0.25, 0.3) is 0 Å². The second-order valence-electron chi connectivity index (χ2n) is 6.77. The molecule has 3 aromatic rings. The van der Waals surface area contributed by atoms with E-state index in [-0.39, 0.29) is 5.91 Å². The van der Waals surface area contributed by atoms with Crippen molar-refractivity contribution in [3.63, 3.8) is 0 Å². The van der Waals surface area contributed by atoms with E-state index in [1.807, 2.05) is 35.2 Å². The van der Waals surface area contributed by atoms with Crippen LogP contribution in [-0.2, 0) is 4.79 Å². The highest BCUT2D eigenvalue weighted by Gasteiger charge is 2.22. The summed E-state index contributed by atoms with van der Waals surface area (Å²) >= 11 is 3.20. The number of nitrogens with zero attached hydrogens (tertiary/aromatic N) is 2. The molecule has 3 rings (SSSR count). The number of thiazole rings is 1. The Morgan fingerprint density at radius 1 is 1.11 bits per heavy atom. The van der Waals surface area contributed by atoms with Gasteiger partial charge in [0.1, 0.15) is 0 Å². The number of thioether (sulfide) groups is 1. The lowest BCUT2D eigenvalue weighted by Crippen LogP contribution is -3.12. The van der Waals surface area contributed by atoms with Crippen LogP contribution in [-0.4, -0.2) is 42.8 Å². The number of carbonyl (C=O) groups excluding carboxylic acids is 1. The predicted molar refractivity (Wildman–Crippen MR) is 121 cm³/mol. The van der Waals surface area contributed by atoms with Crippen LogP contribution in [0.1, 0.15) is 19.4 Å². The summed E-state index contributed by atoms with van der Waals surface area (Å²) < 4.78 is 1.14. The van der Waals surface area contributed by atoms with Crippen molar-refractivity contribution in [1.82, 2.24) is 4.98 Å². The average molecular weight is 415 g/mol. The molecule has 0 bridgehead atoms. The van der Waals surface area contributed by atoms with Gasteiger partial charge in [-0.3, -0.25) is 9.69 Å². The fourth-order valence-electron chi connectivity index (χ4n) is 3.13. The Labute approximate surface area is 175 Å². The number of aryl methyl sites for hydroxylation is 1. The van der Waals surface area contributed by atoms with Crippen molar-refractivity contribution in [3.05, 3.63) is 54.1 Å². The van der Waals surface area contributed by atoms with Gasteiger partial charge in [-0.05, 0) is 44.5 Å². The summed E-state index contributed by atoms with van der Waals surface area (Å²) in [6, 6.07) is 16.3. The molecule has 0 saturated heterocycles. The molecule has 0 aliphatic carbocycles. The van der Waals surface area contributed by atoms with Gasteiger partial charge in [-0.25, -0.2) is 4.98 Å². The molecule has 148 valence electrons. The maximum atomic E-state index is 13.1. The summed E-state index contributed by atoms with van der Waals surface area (Å²) in [4.78, 5) is 22.5. The minimum absolute atomic E-state index is 0.122. The minimum Gasteiger partial charge on any atom is -0.334 e. The summed E-state index contributed by atoms with van der Waals surface area (Å²) in [7, 11) is 0. The lowest BCUT2D eigenvalue weighted by atomic mass is 10.2. The number of rotatable bonds is 9. The van der Waals surface area contributed by atoms with Crippen molar-refractivity contribution in [3.8, 4) is 0 Å². The number of amides is 1. The number of anilines is 1. The molecule has 0 spiro atoms. The van der Waals surface area contributed by atoms with Crippen molar-refractivity contribution < 1.29 is 9.69 Å². The average Bonchev–Trinajstić information content (AvgIpc) is 3.15. The monoisotopic (exact) mass is 414 g/mol. The van der Waals surface area contributed by atoms with E-state index in [0.717, 1.165) is 45.4 Å². The van der Waals surface area contributed by atoms with Gasteiger partial charge in [0.05, 0.1) is 42.1 Å². The molecule has 0 fully saturated rings. The normalized spacial score (nSPS) is 11.3. The number of carbonyl (C=O) groups is 1. The van der Waals surface area contributed by atoms with Crippen LogP contribution >= 0.6 is 23.1 Å². The van der Waals surface area contributed by atoms with Gasteiger partial charge >= 0.3 is 0 Å². The first kappa shape index (κ1) is 20.8. The minimum atomic E-state index is 0.122.